The first-order valence-corrected chi connectivity index (χ1v) is 10.2. The Balaban J connectivity index is 2.10. The van der Waals surface area contributed by atoms with Gasteiger partial charge < -0.3 is 24.7 Å². The summed E-state index contributed by atoms with van der Waals surface area (Å²) >= 11 is 6.34. The van der Waals surface area contributed by atoms with Crippen LogP contribution in [-0.2, 0) is 22.6 Å². The monoisotopic (exact) mass is 435 g/mol. The maximum absolute atomic E-state index is 12.2. The van der Waals surface area contributed by atoms with E-state index in [4.69, 9.17) is 21.1 Å². The second kappa shape index (κ2) is 9.89. The van der Waals surface area contributed by atoms with Crippen molar-refractivity contribution in [2.24, 2.45) is 0 Å². The minimum absolute atomic E-state index is 0.308. The van der Waals surface area contributed by atoms with Gasteiger partial charge in [-0.15, -0.1) is 0 Å². The number of benzene rings is 1. The second-order valence-electron chi connectivity index (χ2n) is 8.06. The van der Waals surface area contributed by atoms with Gasteiger partial charge in [-0.05, 0) is 57.4 Å². The van der Waals surface area contributed by atoms with Gasteiger partial charge in [0.25, 0.3) is 0 Å². The Morgan fingerprint density at radius 1 is 1.27 bits per heavy atom. The highest BCUT2D eigenvalue weighted by Gasteiger charge is 2.20. The van der Waals surface area contributed by atoms with Crippen molar-refractivity contribution in [1.29, 1.82) is 0 Å². The van der Waals surface area contributed by atoms with E-state index in [1.54, 1.807) is 26.2 Å². The summed E-state index contributed by atoms with van der Waals surface area (Å²) in [6, 6.07) is 5.63. The van der Waals surface area contributed by atoms with E-state index < -0.39 is 17.7 Å². The van der Waals surface area contributed by atoms with Gasteiger partial charge in [-0.1, -0.05) is 23.7 Å². The molecule has 0 saturated carbocycles. The minimum Gasteiger partial charge on any atom is -0.461 e. The zero-order valence-electron chi connectivity index (χ0n) is 18.4. The lowest BCUT2D eigenvalue weighted by molar-refractivity contribution is 0.0284. The normalized spacial score (nSPS) is 11.2. The third-order valence-electron chi connectivity index (χ3n) is 4.25. The highest BCUT2D eigenvalue weighted by atomic mass is 35.5. The molecule has 1 amide bonds. The van der Waals surface area contributed by atoms with Crippen LogP contribution in [0, 0.1) is 6.92 Å². The van der Waals surface area contributed by atoms with Gasteiger partial charge in [-0.25, -0.2) is 9.59 Å². The van der Waals surface area contributed by atoms with Crippen molar-refractivity contribution in [2.45, 2.75) is 53.3 Å². The molecule has 2 rings (SSSR count). The molecule has 0 aliphatic carbocycles. The fraction of sp³-hybridized carbons (Fsp3) is 0.455. The summed E-state index contributed by atoms with van der Waals surface area (Å²) < 4.78 is 10.5. The number of carbonyl (C=O) groups excluding carboxylic acids is 2. The number of esters is 1. The molecule has 0 aliphatic heterocycles. The van der Waals surface area contributed by atoms with Crippen LogP contribution in [-0.4, -0.2) is 41.2 Å². The smallest absolute Gasteiger partial charge is 0.410 e. The first-order chi connectivity index (χ1) is 14.0. The Morgan fingerprint density at radius 3 is 2.60 bits per heavy atom. The number of rotatable bonds is 7. The van der Waals surface area contributed by atoms with E-state index in [-0.39, 0.29) is 0 Å². The second-order valence-corrected chi connectivity index (χ2v) is 8.47. The van der Waals surface area contributed by atoms with Crippen molar-refractivity contribution in [3.63, 3.8) is 0 Å². The molecule has 1 aromatic carbocycles. The lowest BCUT2D eigenvalue weighted by Crippen LogP contribution is -2.33. The molecular formula is C22H30ClN3O4. The average Bonchev–Trinajstić information content (AvgIpc) is 3.01. The van der Waals surface area contributed by atoms with E-state index in [9.17, 15) is 9.59 Å². The van der Waals surface area contributed by atoms with Crippen LogP contribution in [0.2, 0.25) is 5.02 Å². The summed E-state index contributed by atoms with van der Waals surface area (Å²) in [5, 5.41) is 3.86. The zero-order chi connectivity index (χ0) is 22.5. The fourth-order valence-corrected chi connectivity index (χ4v) is 3.00. The number of amides is 1. The third-order valence-corrected chi connectivity index (χ3v) is 4.62. The summed E-state index contributed by atoms with van der Waals surface area (Å²) in [7, 11) is 1.67. The number of aromatic amines is 1. The lowest BCUT2D eigenvalue weighted by Gasteiger charge is -2.25. The molecule has 164 valence electrons. The van der Waals surface area contributed by atoms with Crippen LogP contribution >= 0.6 is 11.6 Å². The molecule has 0 radical (unpaired) electrons. The Kier molecular flexibility index (Phi) is 7.78. The number of carbonyl (C=O) groups is 2. The lowest BCUT2D eigenvalue weighted by atomic mass is 10.1. The summed E-state index contributed by atoms with van der Waals surface area (Å²) in [6.07, 6.45) is 1.35. The number of H-pyrrole nitrogens is 1. The highest BCUT2D eigenvalue weighted by molar-refractivity contribution is 6.31. The minimum atomic E-state index is -0.564. The Labute approximate surface area is 182 Å². The molecular weight excluding hydrogens is 406 g/mol. The number of anilines is 1. The molecule has 0 bridgehead atoms. The van der Waals surface area contributed by atoms with Gasteiger partial charge in [0.05, 0.1) is 18.8 Å². The average molecular weight is 436 g/mol. The van der Waals surface area contributed by atoms with E-state index in [0.717, 1.165) is 16.7 Å². The van der Waals surface area contributed by atoms with Crippen molar-refractivity contribution < 1.29 is 19.1 Å². The number of halogens is 1. The summed E-state index contributed by atoms with van der Waals surface area (Å²) in [5.74, 6) is -0.399. The number of hydrogen-bond acceptors (Lipinski definition) is 5. The number of ether oxygens (including phenoxy) is 2. The van der Waals surface area contributed by atoms with E-state index in [1.165, 1.54) is 4.90 Å². The van der Waals surface area contributed by atoms with E-state index in [0.29, 0.717) is 36.1 Å². The van der Waals surface area contributed by atoms with Crippen LogP contribution in [0.5, 0.6) is 0 Å². The molecule has 1 heterocycles. The fourth-order valence-electron chi connectivity index (χ4n) is 2.82. The van der Waals surface area contributed by atoms with E-state index >= 15 is 0 Å². The van der Waals surface area contributed by atoms with Crippen LogP contribution in [0.25, 0.3) is 0 Å². The maximum Gasteiger partial charge on any atom is 0.410 e. The SMILES string of the molecule is CCOC(=O)c1[nH]cc(C)c1NCc1ccc(Cl)c(CN(C)C(=O)OC(C)(C)C)c1. The molecule has 7 nitrogen and oxygen atoms in total. The number of nitrogens with zero attached hydrogens (tertiary/aromatic N) is 1. The summed E-state index contributed by atoms with van der Waals surface area (Å²) in [5.41, 5.74) is 3.22. The van der Waals surface area contributed by atoms with E-state index in [1.807, 2.05) is 39.8 Å². The van der Waals surface area contributed by atoms with Crippen molar-refractivity contribution >= 4 is 29.4 Å². The van der Waals surface area contributed by atoms with Gasteiger partial charge in [0.2, 0.25) is 0 Å². The molecule has 8 heteroatoms. The van der Waals surface area contributed by atoms with Crippen molar-refractivity contribution in [3.8, 4) is 0 Å². The Hall–Kier alpha value is -2.67. The first-order valence-electron chi connectivity index (χ1n) is 9.82. The summed E-state index contributed by atoms with van der Waals surface area (Å²) in [4.78, 5) is 28.8. The molecule has 0 unspecified atom stereocenters. The van der Waals surface area contributed by atoms with Crippen LogP contribution < -0.4 is 5.32 Å². The van der Waals surface area contributed by atoms with Crippen molar-refractivity contribution in [3.05, 3.63) is 51.8 Å². The molecule has 0 aliphatic rings. The van der Waals surface area contributed by atoms with Crippen LogP contribution in [0.4, 0.5) is 10.5 Å². The standard InChI is InChI=1S/C22H30ClN3O4/c1-7-29-20(27)19-18(14(2)11-24-19)25-12-15-8-9-17(23)16(10-15)13-26(6)21(28)30-22(3,4)5/h8-11,24-25H,7,12-13H2,1-6H3. The highest BCUT2D eigenvalue weighted by Crippen LogP contribution is 2.24. The topological polar surface area (TPSA) is 83.7 Å². The molecule has 2 aromatic rings. The molecule has 1 aromatic heterocycles. The largest absolute Gasteiger partial charge is 0.461 e. The number of nitrogens with one attached hydrogen (secondary N) is 2. The quantitative estimate of drug-likeness (QED) is 0.589. The third kappa shape index (κ3) is 6.42. The van der Waals surface area contributed by atoms with Gasteiger partial charge in [0.1, 0.15) is 11.3 Å². The molecule has 0 spiro atoms. The first kappa shape index (κ1) is 23.6. The maximum atomic E-state index is 12.2. The number of hydrogen-bond donors (Lipinski definition) is 2. The van der Waals surface area contributed by atoms with Gasteiger partial charge in [0, 0.05) is 24.8 Å². The Bertz CT molecular complexity index is 902. The van der Waals surface area contributed by atoms with Crippen molar-refractivity contribution in [1.82, 2.24) is 9.88 Å². The van der Waals surface area contributed by atoms with Gasteiger partial charge in [0.15, 0.2) is 0 Å². The van der Waals surface area contributed by atoms with Crippen molar-refractivity contribution in [2.75, 3.05) is 19.0 Å². The predicted molar refractivity (Wildman–Crippen MR) is 118 cm³/mol. The zero-order valence-corrected chi connectivity index (χ0v) is 19.1. The van der Waals surface area contributed by atoms with Crippen LogP contribution in [0.1, 0.15) is 54.9 Å². The molecule has 30 heavy (non-hydrogen) atoms. The predicted octanol–water partition coefficient (Wildman–Crippen LogP) is 5.13. The summed E-state index contributed by atoms with van der Waals surface area (Å²) in [6.45, 7) is 10.3. The Morgan fingerprint density at radius 2 is 1.97 bits per heavy atom. The molecule has 0 saturated heterocycles. The number of aryl methyl sites for hydroxylation is 1. The number of aromatic nitrogens is 1. The van der Waals surface area contributed by atoms with Gasteiger partial charge in [-0.2, -0.15) is 0 Å². The van der Waals surface area contributed by atoms with Crippen LogP contribution in [0.15, 0.2) is 24.4 Å². The van der Waals surface area contributed by atoms with Crippen LogP contribution in [0.3, 0.4) is 0 Å². The van der Waals surface area contributed by atoms with E-state index in [2.05, 4.69) is 10.3 Å². The molecule has 0 atom stereocenters. The van der Waals surface area contributed by atoms with Gasteiger partial charge >= 0.3 is 12.1 Å². The molecule has 2 N–H and O–H groups in total. The van der Waals surface area contributed by atoms with Gasteiger partial charge in [-0.3, -0.25) is 0 Å². The molecule has 0 fully saturated rings.